The van der Waals surface area contributed by atoms with E-state index in [4.69, 9.17) is 0 Å². The first-order valence-electron chi connectivity index (χ1n) is 7.91. The van der Waals surface area contributed by atoms with Crippen molar-refractivity contribution in [2.75, 3.05) is 26.2 Å². The highest BCUT2D eigenvalue weighted by Gasteiger charge is 2.23. The molecule has 2 aromatic rings. The number of amides is 1. The van der Waals surface area contributed by atoms with Crippen LogP contribution in [-0.4, -0.2) is 62.9 Å². The van der Waals surface area contributed by atoms with Crippen LogP contribution >= 0.6 is 0 Å². The molecule has 1 N–H and O–H groups in total. The number of aliphatic hydroxyl groups is 1. The number of hydrogen-bond acceptors (Lipinski definition) is 4. The van der Waals surface area contributed by atoms with Crippen molar-refractivity contribution in [3.63, 3.8) is 0 Å². The van der Waals surface area contributed by atoms with Gasteiger partial charge in [0.2, 0.25) is 0 Å². The fourth-order valence-corrected chi connectivity index (χ4v) is 2.82. The summed E-state index contributed by atoms with van der Waals surface area (Å²) in [4.78, 5) is 15.8. The van der Waals surface area contributed by atoms with Crippen LogP contribution in [0.15, 0.2) is 42.7 Å². The fourth-order valence-electron chi connectivity index (χ4n) is 2.82. The lowest BCUT2D eigenvalue weighted by molar-refractivity contribution is -0.141. The Hall–Kier alpha value is -2.18. The second-order valence-corrected chi connectivity index (χ2v) is 5.89. The molecule has 0 aliphatic carbocycles. The summed E-state index contributed by atoms with van der Waals surface area (Å²) in [6.07, 6.45) is 2.78. The number of carbonyl (C=O) groups is 1. The van der Waals surface area contributed by atoms with E-state index in [1.807, 2.05) is 16.9 Å². The van der Waals surface area contributed by atoms with E-state index in [9.17, 15) is 9.90 Å². The first-order chi connectivity index (χ1) is 11.1. The highest BCUT2D eigenvalue weighted by atomic mass is 16.3. The van der Waals surface area contributed by atoms with Gasteiger partial charge in [0.1, 0.15) is 6.10 Å². The van der Waals surface area contributed by atoms with Gasteiger partial charge in [0.25, 0.3) is 5.91 Å². The largest absolute Gasteiger partial charge is 0.384 e. The molecule has 0 bridgehead atoms. The van der Waals surface area contributed by atoms with Gasteiger partial charge in [-0.3, -0.25) is 9.69 Å². The van der Waals surface area contributed by atoms with Gasteiger partial charge in [-0.1, -0.05) is 12.1 Å². The number of carbonyl (C=O) groups excluding carboxylic acids is 1. The molecule has 1 amide bonds. The van der Waals surface area contributed by atoms with Gasteiger partial charge < -0.3 is 10.0 Å². The third kappa shape index (κ3) is 3.78. The average Bonchev–Trinajstić information content (AvgIpc) is 3.10. The first-order valence-corrected chi connectivity index (χ1v) is 7.91. The van der Waals surface area contributed by atoms with Gasteiger partial charge >= 0.3 is 0 Å². The molecule has 6 heteroatoms. The summed E-state index contributed by atoms with van der Waals surface area (Å²) < 4.78 is 1.84. The Bertz CT molecular complexity index is 629. The third-order valence-electron chi connectivity index (χ3n) is 4.15. The lowest BCUT2D eigenvalue weighted by Gasteiger charge is -2.35. The van der Waals surface area contributed by atoms with Gasteiger partial charge in [-0.25, -0.2) is 4.68 Å². The second kappa shape index (κ2) is 6.93. The Balaban J connectivity index is 1.54. The summed E-state index contributed by atoms with van der Waals surface area (Å²) in [5, 5.41) is 13.6. The Morgan fingerprint density at radius 3 is 2.48 bits per heavy atom. The van der Waals surface area contributed by atoms with Crippen LogP contribution < -0.4 is 0 Å². The highest BCUT2D eigenvalue weighted by molar-refractivity contribution is 5.80. The molecule has 0 spiro atoms. The van der Waals surface area contributed by atoms with E-state index in [1.54, 1.807) is 11.1 Å². The van der Waals surface area contributed by atoms with Crippen molar-refractivity contribution in [2.45, 2.75) is 19.6 Å². The summed E-state index contributed by atoms with van der Waals surface area (Å²) >= 11 is 0. The van der Waals surface area contributed by atoms with Gasteiger partial charge in [0.05, 0.1) is 5.69 Å². The number of aliphatic hydroxyl groups excluding tert-OH is 1. The van der Waals surface area contributed by atoms with Crippen molar-refractivity contribution >= 4 is 5.91 Å². The van der Waals surface area contributed by atoms with E-state index in [-0.39, 0.29) is 5.91 Å². The zero-order valence-electron chi connectivity index (χ0n) is 13.3. The van der Waals surface area contributed by atoms with E-state index < -0.39 is 6.10 Å². The zero-order chi connectivity index (χ0) is 16.2. The molecule has 0 radical (unpaired) electrons. The predicted octanol–water partition coefficient (Wildman–Crippen LogP) is 0.897. The summed E-state index contributed by atoms with van der Waals surface area (Å²) in [5.41, 5.74) is 2.29. The number of piperazine rings is 1. The standard InChI is InChI=1S/C17H22N4O2/c1-14(22)17(23)20-11-9-19(10-12-20)13-15-3-5-16(6-4-15)21-8-2-7-18-21/h2-8,14,22H,9-13H2,1H3. The second-order valence-electron chi connectivity index (χ2n) is 5.89. The molecule has 1 aromatic heterocycles. The Kier molecular flexibility index (Phi) is 4.73. The molecule has 23 heavy (non-hydrogen) atoms. The van der Waals surface area contributed by atoms with E-state index in [0.29, 0.717) is 13.1 Å². The molecule has 1 atom stereocenters. The van der Waals surface area contributed by atoms with Gasteiger partial charge in [0, 0.05) is 45.1 Å². The van der Waals surface area contributed by atoms with E-state index in [1.165, 1.54) is 12.5 Å². The van der Waals surface area contributed by atoms with Crippen molar-refractivity contribution in [1.82, 2.24) is 19.6 Å². The molecular weight excluding hydrogens is 292 g/mol. The summed E-state index contributed by atoms with van der Waals surface area (Å²) in [6.45, 7) is 5.41. The monoisotopic (exact) mass is 314 g/mol. The lowest BCUT2D eigenvalue weighted by Crippen LogP contribution is -2.50. The molecule has 6 nitrogen and oxygen atoms in total. The van der Waals surface area contributed by atoms with Crippen molar-refractivity contribution in [1.29, 1.82) is 0 Å². The van der Waals surface area contributed by atoms with Crippen LogP contribution in [0.3, 0.4) is 0 Å². The zero-order valence-corrected chi connectivity index (χ0v) is 13.3. The third-order valence-corrected chi connectivity index (χ3v) is 4.15. The predicted molar refractivity (Wildman–Crippen MR) is 87.1 cm³/mol. The van der Waals surface area contributed by atoms with Crippen LogP contribution in [-0.2, 0) is 11.3 Å². The minimum atomic E-state index is -0.906. The van der Waals surface area contributed by atoms with E-state index >= 15 is 0 Å². The number of rotatable bonds is 4. The topological polar surface area (TPSA) is 61.6 Å². The molecule has 0 saturated carbocycles. The van der Waals surface area contributed by atoms with E-state index in [2.05, 4.69) is 34.3 Å². The van der Waals surface area contributed by atoms with Crippen LogP contribution in [0.4, 0.5) is 0 Å². The quantitative estimate of drug-likeness (QED) is 0.911. The summed E-state index contributed by atoms with van der Waals surface area (Å²) in [6, 6.07) is 10.3. The van der Waals surface area contributed by atoms with Crippen molar-refractivity contribution in [2.24, 2.45) is 0 Å². The molecule has 1 saturated heterocycles. The van der Waals surface area contributed by atoms with Crippen LogP contribution in [0.1, 0.15) is 12.5 Å². The lowest BCUT2D eigenvalue weighted by atomic mass is 10.1. The maximum atomic E-state index is 11.8. The van der Waals surface area contributed by atoms with Crippen LogP contribution in [0, 0.1) is 0 Å². The van der Waals surface area contributed by atoms with Gasteiger partial charge in [-0.05, 0) is 30.7 Å². The number of nitrogens with zero attached hydrogens (tertiary/aromatic N) is 4. The fraction of sp³-hybridized carbons (Fsp3) is 0.412. The Labute approximate surface area is 135 Å². The van der Waals surface area contributed by atoms with Gasteiger partial charge in [0.15, 0.2) is 0 Å². The normalized spacial score (nSPS) is 17.2. The smallest absolute Gasteiger partial charge is 0.251 e. The minimum absolute atomic E-state index is 0.173. The molecule has 1 fully saturated rings. The van der Waals surface area contributed by atoms with Crippen LogP contribution in [0.2, 0.25) is 0 Å². The van der Waals surface area contributed by atoms with Crippen LogP contribution in [0.25, 0.3) is 5.69 Å². The number of hydrogen-bond donors (Lipinski definition) is 1. The average molecular weight is 314 g/mol. The summed E-state index contributed by atoms with van der Waals surface area (Å²) in [5.74, 6) is -0.173. The maximum absolute atomic E-state index is 11.8. The highest BCUT2D eigenvalue weighted by Crippen LogP contribution is 2.12. The van der Waals surface area contributed by atoms with Crippen molar-refractivity contribution in [3.05, 3.63) is 48.3 Å². The molecule has 1 unspecified atom stereocenters. The molecule has 1 aromatic carbocycles. The SMILES string of the molecule is CC(O)C(=O)N1CCN(Cc2ccc(-n3cccn3)cc2)CC1. The van der Waals surface area contributed by atoms with Crippen molar-refractivity contribution in [3.8, 4) is 5.69 Å². The number of aromatic nitrogens is 2. The Morgan fingerprint density at radius 1 is 1.22 bits per heavy atom. The molecule has 122 valence electrons. The molecule has 2 heterocycles. The van der Waals surface area contributed by atoms with E-state index in [0.717, 1.165) is 25.3 Å². The summed E-state index contributed by atoms with van der Waals surface area (Å²) in [7, 11) is 0. The number of benzene rings is 1. The maximum Gasteiger partial charge on any atom is 0.251 e. The first kappa shape index (κ1) is 15.7. The molecule has 1 aliphatic heterocycles. The van der Waals surface area contributed by atoms with Crippen LogP contribution in [0.5, 0.6) is 0 Å². The van der Waals surface area contributed by atoms with Gasteiger partial charge in [-0.2, -0.15) is 5.10 Å². The Morgan fingerprint density at radius 2 is 1.91 bits per heavy atom. The minimum Gasteiger partial charge on any atom is -0.384 e. The molecule has 3 rings (SSSR count). The molecular formula is C17H22N4O2. The van der Waals surface area contributed by atoms with Gasteiger partial charge in [-0.15, -0.1) is 0 Å². The van der Waals surface area contributed by atoms with Crippen molar-refractivity contribution < 1.29 is 9.90 Å². The molecule has 1 aliphatic rings.